The fourth-order valence-corrected chi connectivity index (χ4v) is 1.13. The summed E-state index contributed by atoms with van der Waals surface area (Å²) in [6.07, 6.45) is -4.53. The maximum absolute atomic E-state index is 13.1. The lowest BCUT2D eigenvalue weighted by molar-refractivity contribution is -0.153. The van der Waals surface area contributed by atoms with Crippen molar-refractivity contribution in [1.29, 1.82) is 0 Å². The molecule has 0 fully saturated rings. The Balaban J connectivity index is 2.96. The maximum atomic E-state index is 13.1. The molecule has 0 saturated carbocycles. The van der Waals surface area contributed by atoms with Gasteiger partial charge in [-0.1, -0.05) is 6.07 Å². The summed E-state index contributed by atoms with van der Waals surface area (Å²) in [6.45, 7) is -0.504. The molecular formula is C10H8F4O2. The van der Waals surface area contributed by atoms with Crippen molar-refractivity contribution in [2.75, 3.05) is 6.61 Å². The quantitative estimate of drug-likeness (QED) is 0.595. The normalized spacial score (nSPS) is 11.3. The third-order valence-corrected chi connectivity index (χ3v) is 1.72. The molecule has 6 heteroatoms. The molecule has 0 aliphatic heterocycles. The summed E-state index contributed by atoms with van der Waals surface area (Å²) in [5.41, 5.74) is -0.466. The monoisotopic (exact) mass is 236 g/mol. The van der Waals surface area contributed by atoms with Crippen LogP contribution in [0.15, 0.2) is 18.2 Å². The van der Waals surface area contributed by atoms with Crippen LogP contribution in [-0.2, 0) is 0 Å². The van der Waals surface area contributed by atoms with E-state index in [1.54, 1.807) is 0 Å². The van der Waals surface area contributed by atoms with E-state index in [4.69, 9.17) is 0 Å². The Morgan fingerprint density at radius 2 is 2.00 bits per heavy atom. The van der Waals surface area contributed by atoms with Gasteiger partial charge < -0.3 is 4.74 Å². The highest BCUT2D eigenvalue weighted by atomic mass is 19.4. The number of rotatable bonds is 3. The van der Waals surface area contributed by atoms with Crippen molar-refractivity contribution in [1.82, 2.24) is 0 Å². The smallest absolute Gasteiger partial charge is 0.422 e. The van der Waals surface area contributed by atoms with E-state index in [2.05, 4.69) is 4.74 Å². The number of ketones is 1. The average Bonchev–Trinajstić information content (AvgIpc) is 2.12. The predicted molar refractivity (Wildman–Crippen MR) is 48.0 cm³/mol. The van der Waals surface area contributed by atoms with E-state index in [1.807, 2.05) is 0 Å². The van der Waals surface area contributed by atoms with Crippen LogP contribution in [0.4, 0.5) is 17.6 Å². The van der Waals surface area contributed by atoms with Crippen LogP contribution in [0.5, 0.6) is 5.75 Å². The first-order valence-electron chi connectivity index (χ1n) is 4.30. The average molecular weight is 236 g/mol. The first-order chi connectivity index (χ1) is 7.31. The minimum absolute atomic E-state index is 0.398. The SMILES string of the molecule is CC(=O)c1c(F)cccc1OCC(F)(F)F. The van der Waals surface area contributed by atoms with Crippen LogP contribution in [0.2, 0.25) is 0 Å². The zero-order valence-corrected chi connectivity index (χ0v) is 8.27. The number of benzene rings is 1. The van der Waals surface area contributed by atoms with E-state index in [0.29, 0.717) is 0 Å². The van der Waals surface area contributed by atoms with Crippen molar-refractivity contribution >= 4 is 5.78 Å². The van der Waals surface area contributed by atoms with Gasteiger partial charge in [-0.3, -0.25) is 4.79 Å². The molecule has 0 unspecified atom stereocenters. The van der Waals surface area contributed by atoms with Crippen LogP contribution < -0.4 is 4.74 Å². The maximum Gasteiger partial charge on any atom is 0.422 e. The zero-order valence-electron chi connectivity index (χ0n) is 8.27. The number of alkyl halides is 3. The first kappa shape index (κ1) is 12.5. The van der Waals surface area contributed by atoms with Crippen LogP contribution in [0.1, 0.15) is 17.3 Å². The molecule has 0 aliphatic carbocycles. The van der Waals surface area contributed by atoms with E-state index in [1.165, 1.54) is 6.07 Å². The highest BCUT2D eigenvalue weighted by Gasteiger charge is 2.29. The summed E-state index contributed by atoms with van der Waals surface area (Å²) < 4.78 is 53.1. The lowest BCUT2D eigenvalue weighted by Gasteiger charge is -2.11. The van der Waals surface area contributed by atoms with Crippen LogP contribution in [0.3, 0.4) is 0 Å². The fraction of sp³-hybridized carbons (Fsp3) is 0.300. The molecule has 0 aliphatic rings. The predicted octanol–water partition coefficient (Wildman–Crippen LogP) is 2.97. The zero-order chi connectivity index (χ0) is 12.3. The number of ether oxygens (including phenoxy) is 1. The molecule has 88 valence electrons. The number of hydrogen-bond donors (Lipinski definition) is 0. The molecule has 1 aromatic carbocycles. The van der Waals surface area contributed by atoms with Crippen LogP contribution in [0.25, 0.3) is 0 Å². The summed E-state index contributed by atoms with van der Waals surface area (Å²) in [6, 6.07) is 3.27. The van der Waals surface area contributed by atoms with E-state index < -0.39 is 35.7 Å². The van der Waals surface area contributed by atoms with Gasteiger partial charge in [0.05, 0.1) is 5.56 Å². The van der Waals surface area contributed by atoms with Gasteiger partial charge in [-0.2, -0.15) is 13.2 Å². The number of Topliss-reactive ketones (excluding diaryl/α,β-unsaturated/α-hetero) is 1. The number of hydrogen-bond acceptors (Lipinski definition) is 2. The molecular weight excluding hydrogens is 228 g/mol. The van der Waals surface area contributed by atoms with E-state index in [-0.39, 0.29) is 0 Å². The van der Waals surface area contributed by atoms with Crippen molar-refractivity contribution in [3.8, 4) is 5.75 Å². The minimum atomic E-state index is -4.53. The molecule has 0 spiro atoms. The molecule has 1 aromatic rings. The lowest BCUT2D eigenvalue weighted by atomic mass is 10.1. The van der Waals surface area contributed by atoms with Crippen molar-refractivity contribution in [3.05, 3.63) is 29.6 Å². The molecule has 0 bridgehead atoms. The Morgan fingerprint density at radius 1 is 1.38 bits per heavy atom. The highest BCUT2D eigenvalue weighted by molar-refractivity contribution is 5.97. The standard InChI is InChI=1S/C10H8F4O2/c1-6(15)9-7(11)3-2-4-8(9)16-5-10(12,13)14/h2-4H,5H2,1H3. The van der Waals surface area contributed by atoms with Crippen LogP contribution in [-0.4, -0.2) is 18.6 Å². The summed E-state index contributed by atoms with van der Waals surface area (Å²) in [5, 5.41) is 0. The summed E-state index contributed by atoms with van der Waals surface area (Å²) in [5.74, 6) is -1.98. The molecule has 0 saturated heterocycles. The van der Waals surface area contributed by atoms with Crippen molar-refractivity contribution in [2.45, 2.75) is 13.1 Å². The molecule has 2 nitrogen and oxygen atoms in total. The Morgan fingerprint density at radius 3 is 2.50 bits per heavy atom. The highest BCUT2D eigenvalue weighted by Crippen LogP contribution is 2.24. The summed E-state index contributed by atoms with van der Waals surface area (Å²) >= 11 is 0. The van der Waals surface area contributed by atoms with Gasteiger partial charge in [0.15, 0.2) is 12.4 Å². The van der Waals surface area contributed by atoms with Gasteiger partial charge >= 0.3 is 6.18 Å². The van der Waals surface area contributed by atoms with Crippen molar-refractivity contribution in [3.63, 3.8) is 0 Å². The molecule has 0 amide bonds. The third kappa shape index (κ3) is 3.22. The molecule has 0 atom stereocenters. The van der Waals surface area contributed by atoms with Gasteiger partial charge in [-0.05, 0) is 19.1 Å². The minimum Gasteiger partial charge on any atom is -0.483 e. The van der Waals surface area contributed by atoms with Crippen molar-refractivity contribution < 1.29 is 27.1 Å². The Bertz CT molecular complexity index is 398. The molecule has 0 aromatic heterocycles. The number of carbonyl (C=O) groups excluding carboxylic acids is 1. The van der Waals surface area contributed by atoms with Crippen LogP contribution in [0, 0.1) is 5.82 Å². The van der Waals surface area contributed by atoms with E-state index in [0.717, 1.165) is 19.1 Å². The second-order valence-electron chi connectivity index (χ2n) is 3.07. The third-order valence-electron chi connectivity index (χ3n) is 1.72. The van der Waals surface area contributed by atoms with E-state index in [9.17, 15) is 22.4 Å². The van der Waals surface area contributed by atoms with Gasteiger partial charge in [0.25, 0.3) is 0 Å². The Labute approximate surface area is 88.8 Å². The van der Waals surface area contributed by atoms with Crippen LogP contribution >= 0.6 is 0 Å². The second-order valence-corrected chi connectivity index (χ2v) is 3.07. The van der Waals surface area contributed by atoms with Gasteiger partial charge in [-0.25, -0.2) is 4.39 Å². The topological polar surface area (TPSA) is 26.3 Å². The van der Waals surface area contributed by atoms with Gasteiger partial charge in [0, 0.05) is 0 Å². The fourth-order valence-electron chi connectivity index (χ4n) is 1.13. The summed E-state index contributed by atoms with van der Waals surface area (Å²) in [7, 11) is 0. The largest absolute Gasteiger partial charge is 0.483 e. The molecule has 0 N–H and O–H groups in total. The number of halogens is 4. The molecule has 1 rings (SSSR count). The van der Waals surface area contributed by atoms with Gasteiger partial charge in [0.1, 0.15) is 11.6 Å². The molecule has 0 heterocycles. The van der Waals surface area contributed by atoms with Crippen molar-refractivity contribution in [2.24, 2.45) is 0 Å². The molecule has 0 radical (unpaired) electrons. The van der Waals surface area contributed by atoms with Gasteiger partial charge in [0.2, 0.25) is 0 Å². The Hall–Kier alpha value is -1.59. The first-order valence-corrected chi connectivity index (χ1v) is 4.30. The lowest BCUT2D eigenvalue weighted by Crippen LogP contribution is -2.20. The van der Waals surface area contributed by atoms with Gasteiger partial charge in [-0.15, -0.1) is 0 Å². The Kier molecular flexibility index (Phi) is 3.51. The molecule has 16 heavy (non-hydrogen) atoms. The summed E-state index contributed by atoms with van der Waals surface area (Å²) in [4.78, 5) is 11.0. The second kappa shape index (κ2) is 4.51. The number of carbonyl (C=O) groups is 1. The van der Waals surface area contributed by atoms with E-state index >= 15 is 0 Å².